The van der Waals surface area contributed by atoms with Gasteiger partial charge in [-0.1, -0.05) is 0 Å². The molecule has 128 valence electrons. The van der Waals surface area contributed by atoms with Crippen molar-refractivity contribution in [2.45, 2.75) is 38.6 Å². The van der Waals surface area contributed by atoms with Gasteiger partial charge in [-0.3, -0.25) is 0 Å². The first kappa shape index (κ1) is 16.4. The summed E-state index contributed by atoms with van der Waals surface area (Å²) in [6.07, 6.45) is 9.13. The Kier molecular flexibility index (Phi) is 5.08. The molecule has 24 heavy (non-hydrogen) atoms. The molecule has 0 aromatic carbocycles. The molecule has 1 saturated heterocycles. The zero-order valence-corrected chi connectivity index (χ0v) is 14.2. The molecule has 7 nitrogen and oxygen atoms in total. The fraction of sp³-hybridized carbons (Fsp3) is 0.529. The number of nitrogens with one attached hydrogen (secondary N) is 1. The normalized spacial score (nSPS) is 16.8. The van der Waals surface area contributed by atoms with Crippen molar-refractivity contribution in [1.82, 2.24) is 29.7 Å². The SMILES string of the molecule is Cc1nccc(C2CCN(C(=O)NCC(C)n3ccnc3)CC2)n1. The van der Waals surface area contributed by atoms with Gasteiger partial charge in [0.05, 0.1) is 6.33 Å². The van der Waals surface area contributed by atoms with E-state index in [1.165, 1.54) is 0 Å². The van der Waals surface area contributed by atoms with Gasteiger partial charge in [-0.2, -0.15) is 0 Å². The predicted octanol–water partition coefficient (Wildman–Crippen LogP) is 2.13. The van der Waals surface area contributed by atoms with E-state index in [9.17, 15) is 4.79 Å². The number of piperidine rings is 1. The van der Waals surface area contributed by atoms with Crippen molar-refractivity contribution in [3.05, 3.63) is 42.5 Å². The lowest BCUT2D eigenvalue weighted by Gasteiger charge is -2.32. The standard InChI is InChI=1S/C17H24N6O/c1-13(23-10-7-18-12-23)11-20-17(24)22-8-4-15(5-9-22)16-3-6-19-14(2)21-16/h3,6-7,10,12-13,15H,4-5,8-9,11H2,1-2H3,(H,20,24). The molecular weight excluding hydrogens is 304 g/mol. The summed E-state index contributed by atoms with van der Waals surface area (Å²) >= 11 is 0. The third kappa shape index (κ3) is 3.90. The van der Waals surface area contributed by atoms with E-state index in [-0.39, 0.29) is 12.1 Å². The van der Waals surface area contributed by atoms with Crippen LogP contribution < -0.4 is 5.32 Å². The molecule has 2 aromatic rings. The molecule has 1 atom stereocenters. The smallest absolute Gasteiger partial charge is 0.317 e. The van der Waals surface area contributed by atoms with Crippen molar-refractivity contribution >= 4 is 6.03 Å². The van der Waals surface area contributed by atoms with Gasteiger partial charge < -0.3 is 14.8 Å². The lowest BCUT2D eigenvalue weighted by molar-refractivity contribution is 0.179. The second kappa shape index (κ2) is 7.42. The third-order valence-corrected chi connectivity index (χ3v) is 4.58. The highest BCUT2D eigenvalue weighted by atomic mass is 16.2. The highest BCUT2D eigenvalue weighted by Gasteiger charge is 2.24. The van der Waals surface area contributed by atoms with Crippen LogP contribution in [-0.2, 0) is 0 Å². The molecule has 7 heteroatoms. The van der Waals surface area contributed by atoms with Crippen LogP contribution in [0.15, 0.2) is 31.0 Å². The molecule has 0 spiro atoms. The van der Waals surface area contributed by atoms with Crippen LogP contribution in [0, 0.1) is 6.92 Å². The number of hydrogen-bond acceptors (Lipinski definition) is 4. The molecule has 1 aliphatic rings. The number of amides is 2. The van der Waals surface area contributed by atoms with Gasteiger partial charge in [0, 0.05) is 55.9 Å². The highest BCUT2D eigenvalue weighted by molar-refractivity contribution is 5.74. The van der Waals surface area contributed by atoms with E-state index in [0.717, 1.165) is 37.4 Å². The minimum Gasteiger partial charge on any atom is -0.336 e. The molecule has 0 saturated carbocycles. The number of urea groups is 1. The molecule has 1 N–H and O–H groups in total. The third-order valence-electron chi connectivity index (χ3n) is 4.58. The summed E-state index contributed by atoms with van der Waals surface area (Å²) in [5.74, 6) is 1.22. The minimum absolute atomic E-state index is 0.0132. The molecule has 0 radical (unpaired) electrons. The quantitative estimate of drug-likeness (QED) is 0.933. The fourth-order valence-electron chi connectivity index (χ4n) is 3.06. The number of aromatic nitrogens is 4. The van der Waals surface area contributed by atoms with E-state index in [1.54, 1.807) is 12.5 Å². The van der Waals surface area contributed by atoms with Crippen LogP contribution in [0.2, 0.25) is 0 Å². The number of likely N-dealkylation sites (tertiary alicyclic amines) is 1. The van der Waals surface area contributed by atoms with Crippen LogP contribution in [0.25, 0.3) is 0 Å². The first-order chi connectivity index (χ1) is 11.6. The number of nitrogens with zero attached hydrogens (tertiary/aromatic N) is 5. The molecule has 1 unspecified atom stereocenters. The van der Waals surface area contributed by atoms with Crippen LogP contribution in [-0.4, -0.2) is 50.1 Å². The molecule has 0 bridgehead atoms. The summed E-state index contributed by atoms with van der Waals surface area (Å²) in [6, 6.07) is 2.19. The molecule has 0 aliphatic carbocycles. The van der Waals surface area contributed by atoms with E-state index in [0.29, 0.717) is 12.5 Å². The maximum Gasteiger partial charge on any atom is 0.317 e. The van der Waals surface area contributed by atoms with Crippen LogP contribution in [0.5, 0.6) is 0 Å². The van der Waals surface area contributed by atoms with Crippen molar-refractivity contribution in [2.75, 3.05) is 19.6 Å². The van der Waals surface area contributed by atoms with E-state index >= 15 is 0 Å². The van der Waals surface area contributed by atoms with E-state index in [1.807, 2.05) is 34.9 Å². The number of carbonyl (C=O) groups is 1. The first-order valence-corrected chi connectivity index (χ1v) is 8.43. The molecule has 1 aliphatic heterocycles. The summed E-state index contributed by atoms with van der Waals surface area (Å²) in [5, 5.41) is 3.02. The Bertz CT molecular complexity index is 663. The molecule has 1 fully saturated rings. The summed E-state index contributed by atoms with van der Waals surface area (Å²) in [4.78, 5) is 26.9. The molecule has 2 aromatic heterocycles. The number of carbonyl (C=O) groups excluding carboxylic acids is 1. The summed E-state index contributed by atoms with van der Waals surface area (Å²) in [5.41, 5.74) is 1.09. The Balaban J connectivity index is 1.46. The second-order valence-electron chi connectivity index (χ2n) is 6.34. The lowest BCUT2D eigenvalue weighted by atomic mass is 9.93. The topological polar surface area (TPSA) is 75.9 Å². The zero-order chi connectivity index (χ0) is 16.9. The van der Waals surface area contributed by atoms with E-state index < -0.39 is 0 Å². The Morgan fingerprint density at radius 2 is 2.17 bits per heavy atom. The van der Waals surface area contributed by atoms with Crippen molar-refractivity contribution in [3.8, 4) is 0 Å². The Morgan fingerprint density at radius 3 is 2.83 bits per heavy atom. The predicted molar refractivity (Wildman–Crippen MR) is 90.7 cm³/mol. The van der Waals surface area contributed by atoms with Gasteiger partial charge in [0.15, 0.2) is 0 Å². The average molecular weight is 328 g/mol. The Hall–Kier alpha value is -2.44. The molecular formula is C17H24N6O. The summed E-state index contributed by atoms with van der Waals surface area (Å²) < 4.78 is 1.99. The summed E-state index contributed by atoms with van der Waals surface area (Å²) in [7, 11) is 0. The van der Waals surface area contributed by atoms with Gasteiger partial charge in [0.2, 0.25) is 0 Å². The zero-order valence-electron chi connectivity index (χ0n) is 14.2. The average Bonchev–Trinajstić information content (AvgIpc) is 3.14. The Morgan fingerprint density at radius 1 is 1.38 bits per heavy atom. The largest absolute Gasteiger partial charge is 0.336 e. The maximum absolute atomic E-state index is 12.3. The lowest BCUT2D eigenvalue weighted by Crippen LogP contribution is -2.45. The van der Waals surface area contributed by atoms with Crippen molar-refractivity contribution < 1.29 is 4.79 Å². The minimum atomic E-state index is 0.0132. The number of rotatable bonds is 4. The first-order valence-electron chi connectivity index (χ1n) is 8.43. The van der Waals surface area contributed by atoms with Crippen molar-refractivity contribution in [1.29, 1.82) is 0 Å². The van der Waals surface area contributed by atoms with Crippen molar-refractivity contribution in [3.63, 3.8) is 0 Å². The van der Waals surface area contributed by atoms with Crippen LogP contribution in [0.3, 0.4) is 0 Å². The van der Waals surface area contributed by atoms with Gasteiger partial charge in [0.1, 0.15) is 5.82 Å². The van der Waals surface area contributed by atoms with Crippen LogP contribution >= 0.6 is 0 Å². The van der Waals surface area contributed by atoms with Crippen molar-refractivity contribution in [2.24, 2.45) is 0 Å². The fourth-order valence-corrected chi connectivity index (χ4v) is 3.06. The highest BCUT2D eigenvalue weighted by Crippen LogP contribution is 2.26. The molecule has 3 heterocycles. The van der Waals surface area contributed by atoms with Crippen LogP contribution in [0.4, 0.5) is 4.79 Å². The van der Waals surface area contributed by atoms with Gasteiger partial charge in [-0.25, -0.2) is 19.7 Å². The van der Waals surface area contributed by atoms with Crippen LogP contribution in [0.1, 0.15) is 43.2 Å². The number of aryl methyl sites for hydroxylation is 1. The number of hydrogen-bond donors (Lipinski definition) is 1. The van der Waals surface area contributed by atoms with E-state index in [2.05, 4.69) is 27.2 Å². The maximum atomic E-state index is 12.3. The van der Waals surface area contributed by atoms with Gasteiger partial charge in [-0.15, -0.1) is 0 Å². The summed E-state index contributed by atoms with van der Waals surface area (Å²) in [6.45, 7) is 6.09. The molecule has 3 rings (SSSR count). The van der Waals surface area contributed by atoms with Gasteiger partial charge in [-0.05, 0) is 32.8 Å². The van der Waals surface area contributed by atoms with Gasteiger partial charge >= 0.3 is 6.03 Å². The van der Waals surface area contributed by atoms with Gasteiger partial charge in [0.25, 0.3) is 0 Å². The monoisotopic (exact) mass is 328 g/mol. The number of imidazole rings is 1. The Labute approximate surface area is 142 Å². The molecule has 2 amide bonds. The van der Waals surface area contributed by atoms with E-state index in [4.69, 9.17) is 0 Å². The second-order valence-corrected chi connectivity index (χ2v) is 6.34.